The topological polar surface area (TPSA) is 46.5 Å². The van der Waals surface area contributed by atoms with E-state index in [4.69, 9.17) is 16.3 Å². The number of rotatable bonds is 18. The van der Waals surface area contributed by atoms with Crippen molar-refractivity contribution in [3.8, 4) is 0 Å². The molecule has 1 unspecified atom stereocenters. The minimum Gasteiger partial charge on any atom is -0.345 e. The number of ketones is 1. The van der Waals surface area contributed by atoms with Gasteiger partial charge in [-0.1, -0.05) is 84.0 Å². The Morgan fingerprint density at radius 3 is 1.67 bits per heavy atom. The Bertz CT molecular complexity index is 342. The lowest BCUT2D eigenvalue weighted by atomic mass is 10.0. The molecule has 0 amide bonds. The highest BCUT2D eigenvalue weighted by molar-refractivity contribution is 8.09. The Morgan fingerprint density at radius 2 is 1.25 bits per heavy atom. The van der Waals surface area contributed by atoms with Crippen LogP contribution in [0.25, 0.3) is 0 Å². The zero-order valence-corrected chi connectivity index (χ0v) is 17.6. The van der Waals surface area contributed by atoms with Crippen molar-refractivity contribution in [2.45, 2.75) is 103 Å². The van der Waals surface area contributed by atoms with Crippen LogP contribution in [0.3, 0.4) is 0 Å². The summed E-state index contributed by atoms with van der Waals surface area (Å²) in [5.41, 5.74) is 0. The molecule has 0 bridgehead atoms. The van der Waals surface area contributed by atoms with Crippen molar-refractivity contribution < 1.29 is 14.2 Å². The molecule has 0 fully saturated rings. The molecule has 0 aromatic carbocycles. The zero-order valence-electron chi connectivity index (χ0n) is 15.9. The second-order valence-corrected chi connectivity index (χ2v) is 10.8. The highest BCUT2D eigenvalue weighted by atomic mass is 32.5. The van der Waals surface area contributed by atoms with Crippen LogP contribution in [0.5, 0.6) is 0 Å². The number of hydrogen-bond donors (Lipinski definition) is 1. The third-order valence-electron chi connectivity index (χ3n) is 4.27. The van der Waals surface area contributed by atoms with Crippen LogP contribution in [0.4, 0.5) is 0 Å². The van der Waals surface area contributed by atoms with Crippen molar-refractivity contribution in [3.63, 3.8) is 0 Å². The van der Waals surface area contributed by atoms with E-state index >= 15 is 0 Å². The molecule has 3 nitrogen and oxygen atoms in total. The van der Waals surface area contributed by atoms with Gasteiger partial charge in [-0.15, -0.1) is 0 Å². The minimum absolute atomic E-state index is 0.224. The molecule has 0 spiro atoms. The van der Waals surface area contributed by atoms with Gasteiger partial charge in [0.15, 0.2) is 6.49 Å². The summed E-state index contributed by atoms with van der Waals surface area (Å²) in [5.74, 6) is 0.224. The lowest BCUT2D eigenvalue weighted by molar-refractivity contribution is -0.119. The van der Waals surface area contributed by atoms with E-state index in [9.17, 15) is 9.69 Å². The summed E-state index contributed by atoms with van der Waals surface area (Å²) in [4.78, 5) is 21.0. The standard InChI is InChI=1S/C19H39O3PS/c1-3-4-5-6-7-8-9-10-11-12-13-14-15-16-19(20)17-18-22-23(2,21)24/h3-18H2,1-2H3,(H,21,24). The fourth-order valence-electron chi connectivity index (χ4n) is 2.79. The third kappa shape index (κ3) is 20.3. The smallest absolute Gasteiger partial charge is 0.183 e. The Kier molecular flexibility index (Phi) is 16.9. The fraction of sp³-hybridized carbons (Fsp3) is 0.947. The van der Waals surface area contributed by atoms with Gasteiger partial charge in [0.1, 0.15) is 5.78 Å². The molecular weight excluding hydrogens is 339 g/mol. The summed E-state index contributed by atoms with van der Waals surface area (Å²) in [5, 5.41) is 0. The van der Waals surface area contributed by atoms with Crippen molar-refractivity contribution in [1.82, 2.24) is 0 Å². The van der Waals surface area contributed by atoms with Gasteiger partial charge in [0.25, 0.3) is 0 Å². The quantitative estimate of drug-likeness (QED) is 0.222. The predicted molar refractivity (Wildman–Crippen MR) is 108 cm³/mol. The van der Waals surface area contributed by atoms with Gasteiger partial charge in [0.05, 0.1) is 6.61 Å². The number of hydrogen-bond acceptors (Lipinski definition) is 3. The van der Waals surface area contributed by atoms with Crippen molar-refractivity contribution in [2.75, 3.05) is 13.3 Å². The van der Waals surface area contributed by atoms with Gasteiger partial charge >= 0.3 is 0 Å². The van der Waals surface area contributed by atoms with E-state index in [1.54, 1.807) is 0 Å². The molecule has 0 aromatic heterocycles. The average molecular weight is 379 g/mol. The molecule has 0 aliphatic rings. The van der Waals surface area contributed by atoms with Gasteiger partial charge in [0, 0.05) is 19.5 Å². The normalized spacial score (nSPS) is 13.8. The molecule has 1 atom stereocenters. The van der Waals surface area contributed by atoms with Crippen LogP contribution in [0, 0.1) is 0 Å². The molecule has 0 aliphatic heterocycles. The summed E-state index contributed by atoms with van der Waals surface area (Å²) in [6.45, 7) is 1.44. The molecule has 144 valence electrons. The molecule has 0 rings (SSSR count). The van der Waals surface area contributed by atoms with Crippen LogP contribution < -0.4 is 0 Å². The van der Waals surface area contributed by atoms with Crippen LogP contribution in [-0.2, 0) is 21.1 Å². The second kappa shape index (κ2) is 16.7. The van der Waals surface area contributed by atoms with Gasteiger partial charge in [-0.25, -0.2) is 0 Å². The van der Waals surface area contributed by atoms with Crippen LogP contribution in [0.15, 0.2) is 0 Å². The first kappa shape index (κ1) is 24.2. The molecule has 0 heterocycles. The van der Waals surface area contributed by atoms with Gasteiger partial charge in [-0.05, 0) is 18.2 Å². The predicted octanol–water partition coefficient (Wildman–Crippen LogP) is 6.38. The maximum atomic E-state index is 11.6. The molecular formula is C19H39O3PS. The number of unbranched alkanes of at least 4 members (excludes halogenated alkanes) is 12. The van der Waals surface area contributed by atoms with Crippen LogP contribution in [0.2, 0.25) is 0 Å². The minimum atomic E-state index is -2.60. The number of Topliss-reactive ketones (excluding diaryl/α,β-unsaturated/α-hetero) is 1. The molecule has 0 radical (unpaired) electrons. The molecule has 0 saturated carbocycles. The van der Waals surface area contributed by atoms with Crippen molar-refractivity contribution in [2.24, 2.45) is 0 Å². The maximum Gasteiger partial charge on any atom is 0.183 e. The Labute approximate surface area is 155 Å². The number of carbonyl (C=O) groups is 1. The highest BCUT2D eigenvalue weighted by Gasteiger charge is 2.07. The molecule has 0 saturated heterocycles. The lowest BCUT2D eigenvalue weighted by Crippen LogP contribution is -2.03. The van der Waals surface area contributed by atoms with E-state index in [2.05, 4.69) is 6.92 Å². The van der Waals surface area contributed by atoms with E-state index < -0.39 is 6.49 Å². The molecule has 5 heteroatoms. The van der Waals surface area contributed by atoms with Crippen molar-refractivity contribution >= 4 is 24.1 Å². The second-order valence-electron chi connectivity index (χ2n) is 6.92. The fourth-order valence-corrected chi connectivity index (χ4v) is 3.45. The van der Waals surface area contributed by atoms with E-state index in [1.807, 2.05) is 0 Å². The third-order valence-corrected chi connectivity index (χ3v) is 5.25. The van der Waals surface area contributed by atoms with Crippen LogP contribution in [0.1, 0.15) is 103 Å². The van der Waals surface area contributed by atoms with E-state index in [-0.39, 0.29) is 12.4 Å². The molecule has 1 N–H and O–H groups in total. The summed E-state index contributed by atoms with van der Waals surface area (Å²) >= 11 is 4.77. The Hall–Kier alpha value is 0.240. The first-order valence-electron chi connectivity index (χ1n) is 9.92. The Morgan fingerprint density at radius 1 is 0.833 bits per heavy atom. The van der Waals surface area contributed by atoms with Gasteiger partial charge in [-0.2, -0.15) is 0 Å². The van der Waals surface area contributed by atoms with Gasteiger partial charge in [-0.3, -0.25) is 4.79 Å². The lowest BCUT2D eigenvalue weighted by Gasteiger charge is -2.09. The monoisotopic (exact) mass is 378 g/mol. The largest absolute Gasteiger partial charge is 0.345 e. The first-order chi connectivity index (χ1) is 11.5. The highest BCUT2D eigenvalue weighted by Crippen LogP contribution is 2.36. The van der Waals surface area contributed by atoms with Crippen LogP contribution in [-0.4, -0.2) is 23.9 Å². The van der Waals surface area contributed by atoms with Crippen molar-refractivity contribution in [1.29, 1.82) is 0 Å². The molecule has 24 heavy (non-hydrogen) atoms. The maximum absolute atomic E-state index is 11.6. The Balaban J connectivity index is 3.19. The summed E-state index contributed by atoms with van der Waals surface area (Å²) in [7, 11) is 0. The SMILES string of the molecule is CCCCCCCCCCCCCCCC(=O)CCOP(C)(O)=S. The average Bonchev–Trinajstić information content (AvgIpc) is 2.50. The van der Waals surface area contributed by atoms with E-state index in [0.29, 0.717) is 12.8 Å². The first-order valence-corrected chi connectivity index (χ1v) is 13.0. The molecule has 0 aliphatic carbocycles. The zero-order chi connectivity index (χ0) is 18.1. The number of carbonyl (C=O) groups excluding carboxylic acids is 1. The van der Waals surface area contributed by atoms with Crippen LogP contribution >= 0.6 is 6.49 Å². The summed E-state index contributed by atoms with van der Waals surface area (Å²) in [6.07, 6.45) is 18.2. The summed E-state index contributed by atoms with van der Waals surface area (Å²) in [6, 6.07) is 0. The van der Waals surface area contributed by atoms with E-state index in [1.165, 1.54) is 77.3 Å². The summed E-state index contributed by atoms with van der Waals surface area (Å²) < 4.78 is 5.08. The molecule has 0 aromatic rings. The van der Waals surface area contributed by atoms with Gasteiger partial charge < -0.3 is 9.42 Å². The van der Waals surface area contributed by atoms with Crippen molar-refractivity contribution in [3.05, 3.63) is 0 Å². The van der Waals surface area contributed by atoms with E-state index in [0.717, 1.165) is 12.8 Å². The van der Waals surface area contributed by atoms with Gasteiger partial charge in [0.2, 0.25) is 0 Å².